The summed E-state index contributed by atoms with van der Waals surface area (Å²) in [4.78, 5) is 17.0. The first-order valence-electron chi connectivity index (χ1n) is 9.31. The first kappa shape index (κ1) is 20.1. The van der Waals surface area contributed by atoms with E-state index in [1.54, 1.807) is 61.7 Å². The van der Waals surface area contributed by atoms with Crippen molar-refractivity contribution in [3.8, 4) is 34.3 Å². The molecule has 4 rings (SSSR count). The number of rotatable bonds is 6. The molecule has 4 aromatic rings. The Bertz CT molecular complexity index is 1200. The number of hydrogen-bond acceptors (Lipinski definition) is 6. The first-order chi connectivity index (χ1) is 15.1. The molecule has 1 aromatic heterocycles. The molecule has 156 valence electrons. The van der Waals surface area contributed by atoms with Crippen LogP contribution in [0.5, 0.6) is 11.5 Å². The molecular weight excluding hydrogens is 401 g/mol. The van der Waals surface area contributed by atoms with E-state index in [2.05, 4.69) is 15.5 Å². The van der Waals surface area contributed by atoms with Crippen molar-refractivity contribution in [2.75, 3.05) is 19.5 Å². The molecule has 1 heterocycles. The van der Waals surface area contributed by atoms with Crippen molar-refractivity contribution < 1.29 is 23.2 Å². The van der Waals surface area contributed by atoms with E-state index in [0.29, 0.717) is 45.6 Å². The normalized spacial score (nSPS) is 10.5. The summed E-state index contributed by atoms with van der Waals surface area (Å²) >= 11 is 0. The maximum atomic E-state index is 13.1. The second kappa shape index (κ2) is 8.66. The highest BCUT2D eigenvalue weighted by Crippen LogP contribution is 2.29. The van der Waals surface area contributed by atoms with Gasteiger partial charge >= 0.3 is 0 Å². The molecule has 1 N–H and O–H groups in total. The lowest BCUT2D eigenvalue weighted by molar-refractivity contribution is 0.102. The van der Waals surface area contributed by atoms with Gasteiger partial charge in [-0.05, 0) is 60.7 Å². The number of benzene rings is 3. The van der Waals surface area contributed by atoms with E-state index < -0.39 is 0 Å². The van der Waals surface area contributed by atoms with E-state index in [1.807, 2.05) is 0 Å². The van der Waals surface area contributed by atoms with Crippen LogP contribution >= 0.6 is 0 Å². The Hall–Kier alpha value is -4.20. The van der Waals surface area contributed by atoms with Gasteiger partial charge in [0.15, 0.2) is 0 Å². The minimum Gasteiger partial charge on any atom is -0.497 e. The van der Waals surface area contributed by atoms with E-state index in [4.69, 9.17) is 14.0 Å². The predicted molar refractivity (Wildman–Crippen MR) is 113 cm³/mol. The quantitative estimate of drug-likeness (QED) is 0.483. The SMILES string of the molecule is COc1ccc(OC)c(NC(=O)c2ccc(-c3nc(-c4ccc(F)cc4)no3)cc2)c1. The molecule has 0 unspecified atom stereocenters. The zero-order valence-corrected chi connectivity index (χ0v) is 16.8. The average Bonchev–Trinajstić information content (AvgIpc) is 3.30. The molecule has 0 fully saturated rings. The highest BCUT2D eigenvalue weighted by Gasteiger charge is 2.14. The predicted octanol–water partition coefficient (Wildman–Crippen LogP) is 4.81. The number of aromatic nitrogens is 2. The topological polar surface area (TPSA) is 86.5 Å². The Morgan fingerprint density at radius 1 is 0.935 bits per heavy atom. The molecule has 0 saturated carbocycles. The third-order valence-electron chi connectivity index (χ3n) is 4.58. The molecule has 0 aliphatic carbocycles. The zero-order valence-electron chi connectivity index (χ0n) is 16.8. The lowest BCUT2D eigenvalue weighted by Gasteiger charge is -2.11. The van der Waals surface area contributed by atoms with E-state index in [0.717, 1.165) is 0 Å². The van der Waals surface area contributed by atoms with Crippen molar-refractivity contribution in [1.29, 1.82) is 0 Å². The molecule has 0 saturated heterocycles. The van der Waals surface area contributed by atoms with Crippen LogP contribution in [0.1, 0.15) is 10.4 Å². The Labute approximate surface area is 177 Å². The Balaban J connectivity index is 1.51. The highest BCUT2D eigenvalue weighted by molar-refractivity contribution is 6.05. The average molecular weight is 419 g/mol. The number of methoxy groups -OCH3 is 2. The molecule has 0 spiro atoms. The van der Waals surface area contributed by atoms with Crippen LogP contribution in [0.2, 0.25) is 0 Å². The number of halogens is 1. The minimum atomic E-state index is -0.340. The zero-order chi connectivity index (χ0) is 21.8. The fourth-order valence-electron chi connectivity index (χ4n) is 2.93. The summed E-state index contributed by atoms with van der Waals surface area (Å²) in [6, 6.07) is 17.7. The van der Waals surface area contributed by atoms with Gasteiger partial charge in [-0.1, -0.05) is 5.16 Å². The summed E-state index contributed by atoms with van der Waals surface area (Å²) in [5.74, 6) is 1.11. The van der Waals surface area contributed by atoms with E-state index in [1.165, 1.54) is 19.2 Å². The van der Waals surface area contributed by atoms with E-state index >= 15 is 0 Å². The largest absolute Gasteiger partial charge is 0.497 e. The summed E-state index contributed by atoms with van der Waals surface area (Å²) < 4.78 is 28.9. The van der Waals surface area contributed by atoms with Crippen LogP contribution in [0.4, 0.5) is 10.1 Å². The molecule has 7 nitrogen and oxygen atoms in total. The standard InChI is InChI=1S/C23H18FN3O4/c1-29-18-11-12-20(30-2)19(13-18)25-22(28)15-3-5-16(6-4-15)23-26-21(27-31-23)14-7-9-17(24)10-8-14/h3-13H,1-2H3,(H,25,28). The van der Waals surface area contributed by atoms with Crippen LogP contribution in [-0.4, -0.2) is 30.3 Å². The van der Waals surface area contributed by atoms with Crippen molar-refractivity contribution in [3.63, 3.8) is 0 Å². The molecule has 8 heteroatoms. The van der Waals surface area contributed by atoms with Gasteiger partial charge < -0.3 is 19.3 Å². The van der Waals surface area contributed by atoms with Gasteiger partial charge in [0.2, 0.25) is 5.82 Å². The van der Waals surface area contributed by atoms with Crippen LogP contribution in [-0.2, 0) is 0 Å². The maximum absolute atomic E-state index is 13.1. The van der Waals surface area contributed by atoms with E-state index in [9.17, 15) is 9.18 Å². The van der Waals surface area contributed by atoms with E-state index in [-0.39, 0.29) is 11.7 Å². The Kier molecular flexibility index (Phi) is 5.61. The second-order valence-electron chi connectivity index (χ2n) is 6.53. The van der Waals surface area contributed by atoms with Gasteiger partial charge in [-0.2, -0.15) is 4.98 Å². The van der Waals surface area contributed by atoms with Crippen molar-refractivity contribution in [3.05, 3.63) is 78.1 Å². The molecule has 0 radical (unpaired) electrons. The highest BCUT2D eigenvalue weighted by atomic mass is 19.1. The number of amides is 1. The Morgan fingerprint density at radius 3 is 2.32 bits per heavy atom. The van der Waals surface area contributed by atoms with Gasteiger partial charge in [0, 0.05) is 22.8 Å². The van der Waals surface area contributed by atoms with Crippen LogP contribution in [0.25, 0.3) is 22.8 Å². The smallest absolute Gasteiger partial charge is 0.258 e. The van der Waals surface area contributed by atoms with Crippen LogP contribution in [0, 0.1) is 5.82 Å². The summed E-state index contributed by atoms with van der Waals surface area (Å²) in [7, 11) is 3.07. The molecule has 1 amide bonds. The molecule has 31 heavy (non-hydrogen) atoms. The summed E-state index contributed by atoms with van der Waals surface area (Å²) in [5.41, 5.74) is 2.22. The lowest BCUT2D eigenvalue weighted by Crippen LogP contribution is -2.12. The minimum absolute atomic E-state index is 0.292. The molecular formula is C23H18FN3O4. The van der Waals surface area contributed by atoms with Crippen molar-refractivity contribution in [2.45, 2.75) is 0 Å². The lowest BCUT2D eigenvalue weighted by atomic mass is 10.1. The van der Waals surface area contributed by atoms with Gasteiger partial charge in [0.1, 0.15) is 17.3 Å². The summed E-state index contributed by atoms with van der Waals surface area (Å²) in [5, 5.41) is 6.74. The summed E-state index contributed by atoms with van der Waals surface area (Å²) in [6.07, 6.45) is 0. The van der Waals surface area contributed by atoms with Crippen LogP contribution in [0.3, 0.4) is 0 Å². The summed E-state index contributed by atoms with van der Waals surface area (Å²) in [6.45, 7) is 0. The molecule has 0 atom stereocenters. The molecule has 0 bridgehead atoms. The number of hydrogen-bond donors (Lipinski definition) is 1. The number of carbonyl (C=O) groups is 1. The van der Waals surface area contributed by atoms with Crippen LogP contribution in [0.15, 0.2) is 71.3 Å². The van der Waals surface area contributed by atoms with Crippen molar-refractivity contribution in [1.82, 2.24) is 10.1 Å². The van der Waals surface area contributed by atoms with Gasteiger partial charge in [-0.3, -0.25) is 4.79 Å². The van der Waals surface area contributed by atoms with Gasteiger partial charge in [-0.15, -0.1) is 0 Å². The fourth-order valence-corrected chi connectivity index (χ4v) is 2.93. The fraction of sp³-hybridized carbons (Fsp3) is 0.0870. The number of carbonyl (C=O) groups excluding carboxylic acids is 1. The number of anilines is 1. The first-order valence-corrected chi connectivity index (χ1v) is 9.31. The number of ether oxygens (including phenoxy) is 2. The van der Waals surface area contributed by atoms with Gasteiger partial charge in [-0.25, -0.2) is 4.39 Å². The van der Waals surface area contributed by atoms with Crippen molar-refractivity contribution in [2.24, 2.45) is 0 Å². The third kappa shape index (κ3) is 4.37. The number of nitrogens with one attached hydrogen (secondary N) is 1. The van der Waals surface area contributed by atoms with Gasteiger partial charge in [0.05, 0.1) is 19.9 Å². The molecule has 3 aromatic carbocycles. The Morgan fingerprint density at radius 2 is 1.65 bits per heavy atom. The van der Waals surface area contributed by atoms with Crippen molar-refractivity contribution >= 4 is 11.6 Å². The van der Waals surface area contributed by atoms with Gasteiger partial charge in [0.25, 0.3) is 11.8 Å². The monoisotopic (exact) mass is 419 g/mol. The number of nitrogens with zero attached hydrogens (tertiary/aromatic N) is 2. The molecule has 0 aliphatic rings. The second-order valence-corrected chi connectivity index (χ2v) is 6.53. The molecule has 0 aliphatic heterocycles. The maximum Gasteiger partial charge on any atom is 0.258 e. The van der Waals surface area contributed by atoms with Crippen LogP contribution < -0.4 is 14.8 Å². The third-order valence-corrected chi connectivity index (χ3v) is 4.58.